The summed E-state index contributed by atoms with van der Waals surface area (Å²) in [7, 11) is 0. The Morgan fingerprint density at radius 3 is 2.20 bits per heavy atom. The summed E-state index contributed by atoms with van der Waals surface area (Å²) in [6.45, 7) is 0. The molecule has 0 fully saturated rings. The van der Waals surface area contributed by atoms with E-state index in [1.807, 2.05) is 6.07 Å². The second kappa shape index (κ2) is 3.93. The Kier molecular flexibility index (Phi) is 2.47. The highest BCUT2D eigenvalue weighted by Crippen LogP contribution is 2.18. The van der Waals surface area contributed by atoms with E-state index >= 15 is 0 Å². The minimum Gasteiger partial charge on any atom is -0.247 e. The average Bonchev–Trinajstić information content (AvgIpc) is 2.30. The first-order valence-corrected chi connectivity index (χ1v) is 4.48. The van der Waals surface area contributed by atoms with Crippen LogP contribution >= 0.6 is 0 Å². The molecule has 0 saturated heterocycles. The van der Waals surface area contributed by atoms with E-state index in [1.54, 1.807) is 24.4 Å². The molecule has 1 nitrogen and oxygen atoms in total. The minimum atomic E-state index is -0.244. The molecule has 1 aromatic carbocycles. The predicted molar refractivity (Wildman–Crippen MR) is 57.6 cm³/mol. The third-order valence-electron chi connectivity index (χ3n) is 2.09. The molecule has 0 spiro atoms. The van der Waals surface area contributed by atoms with Gasteiger partial charge in [-0.2, -0.15) is 0 Å². The summed E-state index contributed by atoms with van der Waals surface area (Å²) in [5.41, 5.74) is 2.45. The van der Waals surface area contributed by atoms with Crippen LogP contribution in [0.2, 0.25) is 0 Å². The van der Waals surface area contributed by atoms with Gasteiger partial charge < -0.3 is 0 Å². The van der Waals surface area contributed by atoms with Gasteiger partial charge in [-0.1, -0.05) is 24.1 Å². The molecule has 0 radical (unpaired) electrons. The van der Waals surface area contributed by atoms with Crippen LogP contribution in [0.4, 0.5) is 4.39 Å². The fourth-order valence-electron chi connectivity index (χ4n) is 1.29. The van der Waals surface area contributed by atoms with Crippen molar-refractivity contribution in [1.29, 1.82) is 0 Å². The Morgan fingerprint density at radius 1 is 1.00 bits per heavy atom. The molecular weight excluding hydrogens is 189 g/mol. The van der Waals surface area contributed by atoms with Crippen molar-refractivity contribution in [1.82, 2.24) is 4.98 Å². The second-order valence-electron chi connectivity index (χ2n) is 3.08. The van der Waals surface area contributed by atoms with Gasteiger partial charge in [0.2, 0.25) is 0 Å². The molecule has 2 heteroatoms. The molecule has 1 heterocycles. The molecule has 0 bridgehead atoms. The Labute approximate surface area is 87.6 Å². The fraction of sp³-hybridized carbons (Fsp3) is 0. The summed E-state index contributed by atoms with van der Waals surface area (Å²) in [4.78, 5) is 4.07. The first-order valence-electron chi connectivity index (χ1n) is 4.48. The average molecular weight is 197 g/mol. The molecule has 0 atom stereocenters. The van der Waals surface area contributed by atoms with Gasteiger partial charge in [-0.25, -0.2) is 9.37 Å². The van der Waals surface area contributed by atoms with Crippen LogP contribution in [-0.4, -0.2) is 4.98 Å². The van der Waals surface area contributed by atoms with Gasteiger partial charge in [0.05, 0.1) is 0 Å². The third-order valence-corrected chi connectivity index (χ3v) is 2.09. The van der Waals surface area contributed by atoms with Gasteiger partial charge in [0.25, 0.3) is 0 Å². The van der Waals surface area contributed by atoms with Crippen molar-refractivity contribution in [2.24, 2.45) is 0 Å². The summed E-state index contributed by atoms with van der Waals surface area (Å²) in [5, 5.41) is 0. The van der Waals surface area contributed by atoms with Gasteiger partial charge in [0.15, 0.2) is 0 Å². The number of nitrogens with zero attached hydrogens (tertiary/aromatic N) is 1. The smallest absolute Gasteiger partial charge is 0.123 e. The number of hydrogen-bond donors (Lipinski definition) is 0. The van der Waals surface area contributed by atoms with Gasteiger partial charge in [0.1, 0.15) is 11.5 Å². The summed E-state index contributed by atoms with van der Waals surface area (Å²) >= 11 is 0. The topological polar surface area (TPSA) is 12.9 Å². The Bertz CT molecular complexity index is 492. The molecule has 2 rings (SSSR count). The van der Waals surface area contributed by atoms with Crippen molar-refractivity contribution in [3.05, 3.63) is 54.1 Å². The predicted octanol–water partition coefficient (Wildman–Crippen LogP) is 2.87. The number of benzene rings is 1. The van der Waals surface area contributed by atoms with Crippen molar-refractivity contribution in [3.63, 3.8) is 0 Å². The molecule has 0 unspecified atom stereocenters. The lowest BCUT2D eigenvalue weighted by Crippen LogP contribution is -1.84. The Balaban J connectivity index is 2.38. The molecule has 0 saturated carbocycles. The summed E-state index contributed by atoms with van der Waals surface area (Å²) in [6, 6.07) is 9.90. The first-order chi connectivity index (χ1) is 7.29. The lowest BCUT2D eigenvalue weighted by atomic mass is 10.1. The molecule has 0 N–H and O–H groups in total. The van der Waals surface area contributed by atoms with Crippen molar-refractivity contribution < 1.29 is 4.39 Å². The number of pyridine rings is 1. The normalized spacial score (nSPS) is 9.60. The number of rotatable bonds is 1. The lowest BCUT2D eigenvalue weighted by molar-refractivity contribution is 0.628. The van der Waals surface area contributed by atoms with E-state index in [0.717, 1.165) is 11.1 Å². The van der Waals surface area contributed by atoms with Crippen LogP contribution in [0, 0.1) is 18.2 Å². The number of hydrogen-bond acceptors (Lipinski definition) is 1. The maximum atomic E-state index is 12.7. The molecule has 0 aliphatic heterocycles. The van der Waals surface area contributed by atoms with Crippen molar-refractivity contribution >= 4 is 0 Å². The Morgan fingerprint density at radius 2 is 1.67 bits per heavy atom. The summed E-state index contributed by atoms with van der Waals surface area (Å²) in [6.07, 6.45) is 6.88. The maximum absolute atomic E-state index is 12.7. The van der Waals surface area contributed by atoms with E-state index in [1.165, 1.54) is 12.1 Å². The highest BCUT2D eigenvalue weighted by molar-refractivity contribution is 5.62. The standard InChI is InChI=1S/C13H8FN/c1-2-13-8-5-11(9-15-13)10-3-6-12(14)7-4-10/h1,3-9H. The maximum Gasteiger partial charge on any atom is 0.123 e. The minimum absolute atomic E-state index is 0.244. The lowest BCUT2D eigenvalue weighted by Gasteiger charge is -2.00. The highest BCUT2D eigenvalue weighted by Gasteiger charge is 1.98. The zero-order valence-electron chi connectivity index (χ0n) is 7.94. The van der Waals surface area contributed by atoms with Gasteiger partial charge in [-0.15, -0.1) is 6.42 Å². The van der Waals surface area contributed by atoms with Crippen LogP contribution in [0.25, 0.3) is 11.1 Å². The van der Waals surface area contributed by atoms with Crippen molar-refractivity contribution in [3.8, 4) is 23.5 Å². The van der Waals surface area contributed by atoms with Crippen molar-refractivity contribution in [2.45, 2.75) is 0 Å². The largest absolute Gasteiger partial charge is 0.247 e. The van der Waals surface area contributed by atoms with E-state index in [9.17, 15) is 4.39 Å². The van der Waals surface area contributed by atoms with Gasteiger partial charge in [0, 0.05) is 11.8 Å². The summed E-state index contributed by atoms with van der Waals surface area (Å²) in [5.74, 6) is 2.20. The molecule has 2 aromatic rings. The SMILES string of the molecule is C#Cc1ccc(-c2ccc(F)cc2)cn1. The van der Waals surface area contributed by atoms with Crippen LogP contribution in [0.15, 0.2) is 42.6 Å². The van der Waals surface area contributed by atoms with Crippen LogP contribution in [-0.2, 0) is 0 Å². The fourth-order valence-corrected chi connectivity index (χ4v) is 1.29. The van der Waals surface area contributed by atoms with Crippen molar-refractivity contribution in [2.75, 3.05) is 0 Å². The van der Waals surface area contributed by atoms with Gasteiger partial charge in [-0.05, 0) is 23.8 Å². The first kappa shape index (κ1) is 9.42. The van der Waals surface area contributed by atoms with Crippen LogP contribution < -0.4 is 0 Å². The third kappa shape index (κ3) is 2.03. The van der Waals surface area contributed by atoms with E-state index in [0.29, 0.717) is 5.69 Å². The summed E-state index contributed by atoms with van der Waals surface area (Å²) < 4.78 is 12.7. The number of aromatic nitrogens is 1. The van der Waals surface area contributed by atoms with Crippen LogP contribution in [0.1, 0.15) is 5.69 Å². The van der Waals surface area contributed by atoms with Crippen LogP contribution in [0.5, 0.6) is 0 Å². The molecule has 15 heavy (non-hydrogen) atoms. The van der Waals surface area contributed by atoms with Crippen LogP contribution in [0.3, 0.4) is 0 Å². The van der Waals surface area contributed by atoms with E-state index in [-0.39, 0.29) is 5.82 Å². The quantitative estimate of drug-likeness (QED) is 0.640. The number of terminal acetylenes is 1. The van der Waals surface area contributed by atoms with E-state index in [2.05, 4.69) is 10.9 Å². The molecule has 72 valence electrons. The van der Waals surface area contributed by atoms with E-state index in [4.69, 9.17) is 6.42 Å². The number of halogens is 1. The molecule has 0 aliphatic rings. The zero-order chi connectivity index (χ0) is 10.7. The van der Waals surface area contributed by atoms with E-state index < -0.39 is 0 Å². The molecule has 0 aliphatic carbocycles. The Hall–Kier alpha value is -2.14. The molecule has 1 aromatic heterocycles. The highest BCUT2D eigenvalue weighted by atomic mass is 19.1. The monoisotopic (exact) mass is 197 g/mol. The second-order valence-corrected chi connectivity index (χ2v) is 3.08. The zero-order valence-corrected chi connectivity index (χ0v) is 7.94. The molecular formula is C13H8FN. The van der Waals surface area contributed by atoms with Gasteiger partial charge >= 0.3 is 0 Å². The van der Waals surface area contributed by atoms with Gasteiger partial charge in [-0.3, -0.25) is 0 Å². The molecule has 0 amide bonds.